The third-order valence-electron chi connectivity index (χ3n) is 2.58. The molecule has 84 valence electrons. The van der Waals surface area contributed by atoms with E-state index in [4.69, 9.17) is 16.3 Å². The van der Waals surface area contributed by atoms with Crippen molar-refractivity contribution in [2.75, 3.05) is 0 Å². The van der Waals surface area contributed by atoms with Crippen LogP contribution in [0.15, 0.2) is 36.4 Å². The molecule has 0 amide bonds. The SMILES string of the molecule is O=C(Cl)c1ccc(O[C@@H]2C=CCCC2)cc1. The first-order valence-electron chi connectivity index (χ1n) is 5.39. The first-order valence-corrected chi connectivity index (χ1v) is 5.77. The molecule has 2 rings (SSSR count). The van der Waals surface area contributed by atoms with Gasteiger partial charge in [-0.25, -0.2) is 0 Å². The summed E-state index contributed by atoms with van der Waals surface area (Å²) in [6, 6.07) is 6.91. The zero-order valence-electron chi connectivity index (χ0n) is 8.86. The van der Waals surface area contributed by atoms with Crippen molar-refractivity contribution in [1.82, 2.24) is 0 Å². The fourth-order valence-electron chi connectivity index (χ4n) is 1.72. The predicted molar refractivity (Wildman–Crippen MR) is 64.0 cm³/mol. The summed E-state index contributed by atoms with van der Waals surface area (Å²) in [5.41, 5.74) is 0.494. The smallest absolute Gasteiger partial charge is 0.252 e. The van der Waals surface area contributed by atoms with Crippen LogP contribution >= 0.6 is 11.6 Å². The number of halogens is 1. The molecule has 1 aromatic carbocycles. The minimum Gasteiger partial charge on any atom is -0.486 e. The van der Waals surface area contributed by atoms with Crippen molar-refractivity contribution in [3.63, 3.8) is 0 Å². The second kappa shape index (κ2) is 5.17. The molecule has 2 nitrogen and oxygen atoms in total. The van der Waals surface area contributed by atoms with Gasteiger partial charge in [0.25, 0.3) is 5.24 Å². The Kier molecular flexibility index (Phi) is 3.62. The summed E-state index contributed by atoms with van der Waals surface area (Å²) in [6.45, 7) is 0. The van der Waals surface area contributed by atoms with Gasteiger partial charge in [-0.1, -0.05) is 6.08 Å². The van der Waals surface area contributed by atoms with Crippen LogP contribution in [0.3, 0.4) is 0 Å². The van der Waals surface area contributed by atoms with E-state index in [9.17, 15) is 4.79 Å². The molecule has 0 saturated carbocycles. The van der Waals surface area contributed by atoms with Gasteiger partial charge in [0.05, 0.1) is 0 Å². The molecule has 0 fully saturated rings. The largest absolute Gasteiger partial charge is 0.486 e. The van der Waals surface area contributed by atoms with Crippen LogP contribution < -0.4 is 4.74 Å². The molecule has 0 bridgehead atoms. The van der Waals surface area contributed by atoms with Crippen molar-refractivity contribution < 1.29 is 9.53 Å². The summed E-state index contributed by atoms with van der Waals surface area (Å²) in [5.74, 6) is 0.776. The zero-order valence-corrected chi connectivity index (χ0v) is 9.61. The molecule has 16 heavy (non-hydrogen) atoms. The molecule has 0 unspecified atom stereocenters. The van der Waals surface area contributed by atoms with Crippen molar-refractivity contribution in [2.45, 2.75) is 25.4 Å². The summed E-state index contributed by atoms with van der Waals surface area (Å²) >= 11 is 5.36. The lowest BCUT2D eigenvalue weighted by molar-refractivity contribution is 0.108. The van der Waals surface area contributed by atoms with E-state index in [0.717, 1.165) is 18.6 Å². The highest BCUT2D eigenvalue weighted by atomic mass is 35.5. The highest BCUT2D eigenvalue weighted by Gasteiger charge is 2.10. The van der Waals surface area contributed by atoms with Gasteiger partial charge in [0.2, 0.25) is 0 Å². The minimum absolute atomic E-state index is 0.159. The van der Waals surface area contributed by atoms with Crippen LogP contribution in [0.5, 0.6) is 5.75 Å². The molecule has 3 heteroatoms. The Morgan fingerprint density at radius 1 is 1.31 bits per heavy atom. The fourth-order valence-corrected chi connectivity index (χ4v) is 1.84. The molecule has 0 N–H and O–H groups in total. The van der Waals surface area contributed by atoms with E-state index in [1.165, 1.54) is 6.42 Å². The highest BCUT2D eigenvalue weighted by Crippen LogP contribution is 2.19. The fraction of sp³-hybridized carbons (Fsp3) is 0.308. The Hall–Kier alpha value is -1.28. The summed E-state index contributed by atoms with van der Waals surface area (Å²) in [7, 11) is 0. The topological polar surface area (TPSA) is 26.3 Å². The lowest BCUT2D eigenvalue weighted by Crippen LogP contribution is -2.15. The number of benzene rings is 1. The molecule has 0 spiro atoms. The van der Waals surface area contributed by atoms with Crippen molar-refractivity contribution >= 4 is 16.8 Å². The maximum absolute atomic E-state index is 10.9. The van der Waals surface area contributed by atoms with Crippen LogP contribution in [-0.2, 0) is 0 Å². The molecule has 1 aliphatic carbocycles. The summed E-state index contributed by atoms with van der Waals surface area (Å²) in [4.78, 5) is 10.9. The Balaban J connectivity index is 2.02. The summed E-state index contributed by atoms with van der Waals surface area (Å²) in [6.07, 6.45) is 7.74. The van der Waals surface area contributed by atoms with Gasteiger partial charge >= 0.3 is 0 Å². The average Bonchev–Trinajstić information content (AvgIpc) is 2.31. The zero-order chi connectivity index (χ0) is 11.4. The summed E-state index contributed by atoms with van der Waals surface area (Å²) < 4.78 is 5.75. The third kappa shape index (κ3) is 2.86. The number of carbonyl (C=O) groups excluding carboxylic acids is 1. The van der Waals surface area contributed by atoms with Crippen molar-refractivity contribution in [2.24, 2.45) is 0 Å². The van der Waals surface area contributed by atoms with Crippen molar-refractivity contribution in [1.29, 1.82) is 0 Å². The van der Waals surface area contributed by atoms with Gasteiger partial charge in [-0.05, 0) is 61.2 Å². The maximum atomic E-state index is 10.9. The normalized spacial score (nSPS) is 19.4. The molecule has 1 atom stereocenters. The van der Waals surface area contributed by atoms with Gasteiger partial charge in [0.15, 0.2) is 0 Å². The predicted octanol–water partition coefficient (Wildman–Crippen LogP) is 3.55. The Labute approximate surface area is 99.9 Å². The second-order valence-corrected chi connectivity index (χ2v) is 4.16. The van der Waals surface area contributed by atoms with E-state index >= 15 is 0 Å². The molecule has 0 saturated heterocycles. The quantitative estimate of drug-likeness (QED) is 0.593. The van der Waals surface area contributed by atoms with Crippen LogP contribution in [0, 0.1) is 0 Å². The van der Waals surface area contributed by atoms with Gasteiger partial charge in [-0.15, -0.1) is 0 Å². The van der Waals surface area contributed by atoms with Crippen LogP contribution in [0.2, 0.25) is 0 Å². The molecule has 0 radical (unpaired) electrons. The maximum Gasteiger partial charge on any atom is 0.252 e. The lowest BCUT2D eigenvalue weighted by atomic mass is 10.1. The van der Waals surface area contributed by atoms with E-state index in [-0.39, 0.29) is 6.10 Å². The number of hydrogen-bond acceptors (Lipinski definition) is 2. The number of allylic oxidation sites excluding steroid dienone is 1. The number of hydrogen-bond donors (Lipinski definition) is 0. The Morgan fingerprint density at radius 3 is 2.62 bits per heavy atom. The molecule has 0 aromatic heterocycles. The van der Waals surface area contributed by atoms with Gasteiger partial charge in [-0.3, -0.25) is 4.79 Å². The van der Waals surface area contributed by atoms with Crippen LogP contribution in [0.4, 0.5) is 0 Å². The molecular formula is C13H13ClO2. The van der Waals surface area contributed by atoms with Crippen LogP contribution in [0.25, 0.3) is 0 Å². The van der Waals surface area contributed by atoms with E-state index < -0.39 is 5.24 Å². The Bertz CT molecular complexity index is 395. The Morgan fingerprint density at radius 2 is 2.06 bits per heavy atom. The van der Waals surface area contributed by atoms with Gasteiger partial charge in [-0.2, -0.15) is 0 Å². The van der Waals surface area contributed by atoms with E-state index in [0.29, 0.717) is 5.56 Å². The molecule has 0 aliphatic heterocycles. The van der Waals surface area contributed by atoms with E-state index in [1.54, 1.807) is 24.3 Å². The average molecular weight is 237 g/mol. The second-order valence-electron chi connectivity index (χ2n) is 3.81. The van der Waals surface area contributed by atoms with E-state index in [2.05, 4.69) is 12.2 Å². The molecule has 1 aliphatic rings. The molecular weight excluding hydrogens is 224 g/mol. The van der Waals surface area contributed by atoms with Crippen LogP contribution in [0.1, 0.15) is 29.6 Å². The van der Waals surface area contributed by atoms with Gasteiger partial charge < -0.3 is 4.74 Å². The molecule has 1 aromatic rings. The van der Waals surface area contributed by atoms with E-state index in [1.807, 2.05) is 0 Å². The third-order valence-corrected chi connectivity index (χ3v) is 2.80. The first-order chi connectivity index (χ1) is 7.75. The summed E-state index contributed by atoms with van der Waals surface area (Å²) in [5, 5.41) is -0.441. The highest BCUT2D eigenvalue weighted by molar-refractivity contribution is 6.67. The van der Waals surface area contributed by atoms with Gasteiger partial charge in [0, 0.05) is 5.56 Å². The van der Waals surface area contributed by atoms with Crippen LogP contribution in [-0.4, -0.2) is 11.3 Å². The van der Waals surface area contributed by atoms with Crippen molar-refractivity contribution in [3.05, 3.63) is 42.0 Å². The number of carbonyl (C=O) groups is 1. The standard InChI is InChI=1S/C13H13ClO2/c14-13(15)10-6-8-12(9-7-10)16-11-4-2-1-3-5-11/h2,4,6-9,11H,1,3,5H2/t11-/m1/s1. The number of ether oxygens (including phenoxy) is 1. The van der Waals surface area contributed by atoms with Crippen molar-refractivity contribution in [3.8, 4) is 5.75 Å². The van der Waals surface area contributed by atoms with Gasteiger partial charge in [0.1, 0.15) is 11.9 Å². The molecule has 0 heterocycles. The number of rotatable bonds is 3. The minimum atomic E-state index is -0.441. The first kappa shape index (κ1) is 11.2. The lowest BCUT2D eigenvalue weighted by Gasteiger charge is -2.18. The monoisotopic (exact) mass is 236 g/mol.